The number of carbonyl (C=O) groups is 1. The molecule has 0 bridgehead atoms. The van der Waals surface area contributed by atoms with E-state index in [4.69, 9.17) is 4.74 Å². The van der Waals surface area contributed by atoms with Gasteiger partial charge < -0.3 is 4.74 Å². The summed E-state index contributed by atoms with van der Waals surface area (Å²) >= 11 is 0. The fourth-order valence-electron chi connectivity index (χ4n) is 0.744. The SMILES string of the molecule is C=C/C(C)=C(/C=O)C(=NC)OC.CC. The van der Waals surface area contributed by atoms with E-state index in [2.05, 4.69) is 11.6 Å². The lowest BCUT2D eigenvalue weighted by molar-refractivity contribution is -0.104. The van der Waals surface area contributed by atoms with Gasteiger partial charge in [0.15, 0.2) is 6.29 Å². The van der Waals surface area contributed by atoms with Crippen molar-refractivity contribution in [2.45, 2.75) is 20.8 Å². The molecule has 0 spiro atoms. The Morgan fingerprint density at radius 2 is 1.93 bits per heavy atom. The first-order valence-electron chi connectivity index (χ1n) is 4.50. The number of carbonyl (C=O) groups excluding carboxylic acids is 1. The maximum atomic E-state index is 10.6. The van der Waals surface area contributed by atoms with Crippen molar-refractivity contribution in [3.8, 4) is 0 Å². The topological polar surface area (TPSA) is 38.7 Å². The van der Waals surface area contributed by atoms with E-state index in [0.29, 0.717) is 17.8 Å². The number of hydrogen-bond donors (Lipinski definition) is 0. The number of aliphatic imine (C=N–C) groups is 1. The molecule has 0 aromatic rings. The average molecular weight is 197 g/mol. The highest BCUT2D eigenvalue weighted by Gasteiger charge is 2.06. The number of nitrogens with zero attached hydrogens (tertiary/aromatic N) is 1. The van der Waals surface area contributed by atoms with Crippen molar-refractivity contribution < 1.29 is 9.53 Å². The van der Waals surface area contributed by atoms with Crippen LogP contribution in [0, 0.1) is 0 Å². The van der Waals surface area contributed by atoms with Gasteiger partial charge in [-0.15, -0.1) is 0 Å². The van der Waals surface area contributed by atoms with Crippen LogP contribution in [0.5, 0.6) is 0 Å². The molecular formula is C11H19NO2. The van der Waals surface area contributed by atoms with Crippen LogP contribution in [0.3, 0.4) is 0 Å². The first-order chi connectivity index (χ1) is 6.71. The highest BCUT2D eigenvalue weighted by atomic mass is 16.5. The zero-order chi connectivity index (χ0) is 11.6. The molecular weight excluding hydrogens is 178 g/mol. The Kier molecular flexibility index (Phi) is 10.5. The van der Waals surface area contributed by atoms with Crippen molar-refractivity contribution in [1.82, 2.24) is 0 Å². The highest BCUT2D eigenvalue weighted by molar-refractivity contribution is 6.11. The molecule has 80 valence electrons. The van der Waals surface area contributed by atoms with Crippen molar-refractivity contribution in [2.75, 3.05) is 14.2 Å². The fraction of sp³-hybridized carbons (Fsp3) is 0.455. The predicted molar refractivity (Wildman–Crippen MR) is 60.7 cm³/mol. The van der Waals surface area contributed by atoms with Crippen LogP contribution in [-0.4, -0.2) is 26.3 Å². The van der Waals surface area contributed by atoms with Gasteiger partial charge in [0.25, 0.3) is 0 Å². The summed E-state index contributed by atoms with van der Waals surface area (Å²) < 4.78 is 4.89. The highest BCUT2D eigenvalue weighted by Crippen LogP contribution is 2.05. The van der Waals surface area contributed by atoms with E-state index in [0.717, 1.165) is 5.57 Å². The van der Waals surface area contributed by atoms with Gasteiger partial charge in [0.2, 0.25) is 5.90 Å². The van der Waals surface area contributed by atoms with Gasteiger partial charge in [0.05, 0.1) is 12.7 Å². The van der Waals surface area contributed by atoms with Crippen LogP contribution in [-0.2, 0) is 9.53 Å². The molecule has 0 heterocycles. The number of allylic oxidation sites excluding steroid dienone is 2. The third kappa shape index (κ3) is 4.60. The Morgan fingerprint density at radius 1 is 1.43 bits per heavy atom. The monoisotopic (exact) mass is 197 g/mol. The molecule has 0 aliphatic rings. The van der Waals surface area contributed by atoms with Crippen LogP contribution in [0.2, 0.25) is 0 Å². The minimum absolute atomic E-state index is 0.336. The molecule has 14 heavy (non-hydrogen) atoms. The molecule has 0 aliphatic carbocycles. The number of hydrogen-bond acceptors (Lipinski definition) is 3. The largest absolute Gasteiger partial charge is 0.481 e. The van der Waals surface area contributed by atoms with Crippen LogP contribution >= 0.6 is 0 Å². The molecule has 0 rings (SSSR count). The van der Waals surface area contributed by atoms with E-state index in [1.807, 2.05) is 13.8 Å². The molecule has 0 amide bonds. The standard InChI is InChI=1S/C9H13NO2.C2H6/c1-5-7(2)8(6-11)9(10-3)12-4;1-2/h5-6H,1H2,2-4H3;1-2H3/b8-7-,10-9?;. The molecule has 0 saturated carbocycles. The lowest BCUT2D eigenvalue weighted by Gasteiger charge is -2.04. The maximum Gasteiger partial charge on any atom is 0.219 e. The van der Waals surface area contributed by atoms with Gasteiger partial charge >= 0.3 is 0 Å². The fourth-order valence-corrected chi connectivity index (χ4v) is 0.744. The molecule has 0 saturated heterocycles. The first-order valence-corrected chi connectivity index (χ1v) is 4.50. The maximum absolute atomic E-state index is 10.6. The van der Waals surface area contributed by atoms with Crippen molar-refractivity contribution in [2.24, 2.45) is 4.99 Å². The van der Waals surface area contributed by atoms with E-state index >= 15 is 0 Å². The summed E-state index contributed by atoms with van der Waals surface area (Å²) in [5.41, 5.74) is 1.20. The molecule has 3 nitrogen and oxygen atoms in total. The van der Waals surface area contributed by atoms with Gasteiger partial charge in [-0.25, -0.2) is 0 Å². The van der Waals surface area contributed by atoms with Crippen molar-refractivity contribution >= 4 is 12.2 Å². The minimum Gasteiger partial charge on any atom is -0.481 e. The lowest BCUT2D eigenvalue weighted by Crippen LogP contribution is -2.08. The van der Waals surface area contributed by atoms with Crippen molar-refractivity contribution in [3.05, 3.63) is 23.8 Å². The quantitative estimate of drug-likeness (QED) is 0.229. The van der Waals surface area contributed by atoms with Crippen LogP contribution in [0.4, 0.5) is 0 Å². The number of rotatable bonds is 3. The Hall–Kier alpha value is -1.38. The van der Waals surface area contributed by atoms with E-state index in [1.54, 1.807) is 20.0 Å². The van der Waals surface area contributed by atoms with E-state index in [1.165, 1.54) is 7.11 Å². The van der Waals surface area contributed by atoms with Gasteiger partial charge in [-0.05, 0) is 12.5 Å². The summed E-state index contributed by atoms with van der Waals surface area (Å²) in [5.74, 6) is 0.336. The molecule has 0 N–H and O–H groups in total. The summed E-state index contributed by atoms with van der Waals surface area (Å²) in [6, 6.07) is 0. The van der Waals surface area contributed by atoms with Gasteiger partial charge in [-0.3, -0.25) is 9.79 Å². The summed E-state index contributed by atoms with van der Waals surface area (Å²) in [4.78, 5) is 14.4. The molecule has 0 aromatic heterocycles. The Morgan fingerprint density at radius 3 is 2.14 bits per heavy atom. The lowest BCUT2D eigenvalue weighted by atomic mass is 10.1. The number of ether oxygens (including phenoxy) is 1. The number of methoxy groups -OCH3 is 1. The molecule has 0 unspecified atom stereocenters. The third-order valence-corrected chi connectivity index (χ3v) is 1.48. The van der Waals surface area contributed by atoms with Gasteiger partial charge in [-0.2, -0.15) is 0 Å². The average Bonchev–Trinajstić information content (AvgIpc) is 2.27. The zero-order valence-electron chi connectivity index (χ0n) is 9.63. The van der Waals surface area contributed by atoms with Gasteiger partial charge in [0.1, 0.15) is 0 Å². The molecule has 0 fully saturated rings. The molecule has 0 radical (unpaired) electrons. The van der Waals surface area contributed by atoms with Crippen LogP contribution in [0.15, 0.2) is 28.8 Å². The molecule has 3 heteroatoms. The summed E-state index contributed by atoms with van der Waals surface area (Å²) in [6.07, 6.45) is 2.30. The van der Waals surface area contributed by atoms with Crippen molar-refractivity contribution in [1.29, 1.82) is 0 Å². The predicted octanol–water partition coefficient (Wildman–Crippen LogP) is 2.39. The Bertz CT molecular complexity index is 240. The summed E-state index contributed by atoms with van der Waals surface area (Å²) in [6.45, 7) is 9.33. The second-order valence-electron chi connectivity index (χ2n) is 2.15. The molecule has 0 atom stereocenters. The number of aldehydes is 1. The normalized spacial score (nSPS) is 11.9. The van der Waals surface area contributed by atoms with E-state index in [-0.39, 0.29) is 0 Å². The van der Waals surface area contributed by atoms with Crippen LogP contribution in [0.1, 0.15) is 20.8 Å². The Balaban J connectivity index is 0. The van der Waals surface area contributed by atoms with Crippen molar-refractivity contribution in [3.63, 3.8) is 0 Å². The van der Waals surface area contributed by atoms with E-state index in [9.17, 15) is 4.79 Å². The molecule has 0 aromatic carbocycles. The van der Waals surface area contributed by atoms with Gasteiger partial charge in [0, 0.05) is 7.05 Å². The third-order valence-electron chi connectivity index (χ3n) is 1.48. The Labute approximate surface area is 86.2 Å². The smallest absolute Gasteiger partial charge is 0.219 e. The second-order valence-corrected chi connectivity index (χ2v) is 2.15. The minimum atomic E-state index is 0.336. The zero-order valence-corrected chi connectivity index (χ0v) is 9.63. The van der Waals surface area contributed by atoms with Crippen LogP contribution < -0.4 is 0 Å². The molecule has 0 aliphatic heterocycles. The van der Waals surface area contributed by atoms with Crippen LogP contribution in [0.25, 0.3) is 0 Å². The summed E-state index contributed by atoms with van der Waals surface area (Å²) in [5, 5.41) is 0. The van der Waals surface area contributed by atoms with E-state index < -0.39 is 0 Å². The summed E-state index contributed by atoms with van der Waals surface area (Å²) in [7, 11) is 3.04. The second kappa shape index (κ2) is 9.71. The first kappa shape index (κ1) is 15.1. The van der Waals surface area contributed by atoms with Gasteiger partial charge in [-0.1, -0.05) is 26.5 Å².